The van der Waals surface area contributed by atoms with Crippen LogP contribution in [0.15, 0.2) is 42.6 Å². The van der Waals surface area contributed by atoms with Gasteiger partial charge in [0, 0.05) is 9.26 Å². The molecule has 2 rings (SSSR count). The van der Waals surface area contributed by atoms with E-state index < -0.39 is 0 Å². The molecule has 17 heavy (non-hydrogen) atoms. The van der Waals surface area contributed by atoms with Gasteiger partial charge in [0.25, 0.3) is 0 Å². The SMILES string of the molecule is NC(=S)c1ccc(Nc2cccc(I)c2)cn1. The second kappa shape index (κ2) is 5.42. The zero-order valence-electron chi connectivity index (χ0n) is 8.85. The van der Waals surface area contributed by atoms with Gasteiger partial charge in [-0.3, -0.25) is 4.98 Å². The molecule has 0 unspecified atom stereocenters. The molecule has 0 bridgehead atoms. The van der Waals surface area contributed by atoms with Crippen LogP contribution in [0.4, 0.5) is 11.4 Å². The highest BCUT2D eigenvalue weighted by Crippen LogP contribution is 2.18. The number of rotatable bonds is 3. The van der Waals surface area contributed by atoms with Crippen LogP contribution in [-0.2, 0) is 0 Å². The number of nitrogens with two attached hydrogens (primary N) is 1. The van der Waals surface area contributed by atoms with Gasteiger partial charge in [-0.05, 0) is 52.9 Å². The molecule has 0 aliphatic carbocycles. The fraction of sp³-hybridized carbons (Fsp3) is 0. The van der Waals surface area contributed by atoms with Crippen LogP contribution in [0.5, 0.6) is 0 Å². The van der Waals surface area contributed by atoms with Crippen LogP contribution in [0, 0.1) is 3.57 Å². The van der Waals surface area contributed by atoms with Gasteiger partial charge in [0.2, 0.25) is 0 Å². The Morgan fingerprint density at radius 1 is 1.24 bits per heavy atom. The summed E-state index contributed by atoms with van der Waals surface area (Å²) in [5, 5.41) is 3.26. The molecule has 0 atom stereocenters. The molecule has 86 valence electrons. The molecule has 0 aliphatic heterocycles. The lowest BCUT2D eigenvalue weighted by Gasteiger charge is -2.06. The molecule has 0 fully saturated rings. The van der Waals surface area contributed by atoms with E-state index >= 15 is 0 Å². The first-order valence-corrected chi connectivity index (χ1v) is 6.42. The maximum atomic E-state index is 5.48. The van der Waals surface area contributed by atoms with E-state index in [9.17, 15) is 0 Å². The van der Waals surface area contributed by atoms with Crippen molar-refractivity contribution < 1.29 is 0 Å². The number of benzene rings is 1. The number of aromatic nitrogens is 1. The minimum atomic E-state index is 0.311. The van der Waals surface area contributed by atoms with Crippen molar-refractivity contribution in [3.8, 4) is 0 Å². The van der Waals surface area contributed by atoms with Crippen LogP contribution < -0.4 is 11.1 Å². The first-order chi connectivity index (χ1) is 8.15. The molecule has 3 nitrogen and oxygen atoms in total. The molecule has 0 radical (unpaired) electrons. The van der Waals surface area contributed by atoms with E-state index in [4.69, 9.17) is 18.0 Å². The quantitative estimate of drug-likeness (QED) is 0.656. The summed E-state index contributed by atoms with van der Waals surface area (Å²) in [5.41, 5.74) is 8.06. The maximum absolute atomic E-state index is 5.48. The van der Waals surface area contributed by atoms with Crippen molar-refractivity contribution in [1.82, 2.24) is 4.98 Å². The third-order valence-corrected chi connectivity index (χ3v) is 3.01. The summed E-state index contributed by atoms with van der Waals surface area (Å²) >= 11 is 7.12. The Balaban J connectivity index is 2.16. The zero-order chi connectivity index (χ0) is 12.3. The smallest absolute Gasteiger partial charge is 0.122 e. The molecule has 3 N–H and O–H groups in total. The van der Waals surface area contributed by atoms with E-state index in [1.54, 1.807) is 12.3 Å². The number of nitrogens with one attached hydrogen (secondary N) is 1. The summed E-state index contributed by atoms with van der Waals surface area (Å²) in [4.78, 5) is 4.48. The molecule has 0 saturated carbocycles. The highest BCUT2D eigenvalue weighted by Gasteiger charge is 1.99. The number of anilines is 2. The Kier molecular flexibility index (Phi) is 3.90. The lowest BCUT2D eigenvalue weighted by Crippen LogP contribution is -2.11. The average molecular weight is 355 g/mol. The van der Waals surface area contributed by atoms with Gasteiger partial charge < -0.3 is 11.1 Å². The number of thiocarbonyl (C=S) groups is 1. The van der Waals surface area contributed by atoms with Crippen LogP contribution in [0.1, 0.15) is 5.69 Å². The molecule has 1 heterocycles. The molecule has 1 aromatic heterocycles. The van der Waals surface area contributed by atoms with Gasteiger partial charge in [-0.25, -0.2) is 0 Å². The molecular formula is C12H10IN3S. The van der Waals surface area contributed by atoms with Gasteiger partial charge in [0.05, 0.1) is 17.6 Å². The van der Waals surface area contributed by atoms with Crippen LogP contribution >= 0.6 is 34.8 Å². The van der Waals surface area contributed by atoms with Crippen LogP contribution in [0.3, 0.4) is 0 Å². The summed E-state index contributed by atoms with van der Waals surface area (Å²) in [6.45, 7) is 0. The zero-order valence-corrected chi connectivity index (χ0v) is 11.8. The molecule has 1 aromatic carbocycles. The predicted molar refractivity (Wildman–Crippen MR) is 82.6 cm³/mol. The van der Waals surface area contributed by atoms with Gasteiger partial charge in [0.1, 0.15) is 4.99 Å². The Bertz CT molecular complexity index is 540. The molecular weight excluding hydrogens is 345 g/mol. The fourth-order valence-corrected chi connectivity index (χ4v) is 2.01. The fourth-order valence-electron chi connectivity index (χ4n) is 1.35. The molecule has 5 heteroatoms. The second-order valence-electron chi connectivity index (χ2n) is 3.43. The van der Waals surface area contributed by atoms with Gasteiger partial charge in [-0.2, -0.15) is 0 Å². The first kappa shape index (κ1) is 12.3. The summed E-state index contributed by atoms with van der Waals surface area (Å²) in [7, 11) is 0. The van der Waals surface area contributed by atoms with Gasteiger partial charge >= 0.3 is 0 Å². The van der Waals surface area contributed by atoms with E-state index in [1.165, 1.54) is 3.57 Å². The van der Waals surface area contributed by atoms with Crippen molar-refractivity contribution in [1.29, 1.82) is 0 Å². The Morgan fingerprint density at radius 3 is 2.65 bits per heavy atom. The van der Waals surface area contributed by atoms with Crippen LogP contribution in [0.2, 0.25) is 0 Å². The second-order valence-corrected chi connectivity index (χ2v) is 5.12. The van der Waals surface area contributed by atoms with E-state index in [-0.39, 0.29) is 0 Å². The van der Waals surface area contributed by atoms with E-state index in [0.29, 0.717) is 10.7 Å². The standard InChI is InChI=1S/C12H10IN3S/c13-8-2-1-3-9(6-8)16-10-4-5-11(12(14)17)15-7-10/h1-7,16H,(H2,14,17). The van der Waals surface area contributed by atoms with Crippen molar-refractivity contribution in [2.24, 2.45) is 5.73 Å². The topological polar surface area (TPSA) is 50.9 Å². The van der Waals surface area contributed by atoms with Gasteiger partial charge in [-0.15, -0.1) is 0 Å². The summed E-state index contributed by atoms with van der Waals surface area (Å²) in [6.07, 6.45) is 1.72. The summed E-state index contributed by atoms with van der Waals surface area (Å²) in [5.74, 6) is 0. The van der Waals surface area contributed by atoms with E-state index in [2.05, 4.69) is 39.0 Å². The van der Waals surface area contributed by atoms with Crippen LogP contribution in [0.25, 0.3) is 0 Å². The summed E-state index contributed by atoms with van der Waals surface area (Å²) in [6, 6.07) is 11.8. The maximum Gasteiger partial charge on any atom is 0.122 e. The monoisotopic (exact) mass is 355 g/mol. The minimum absolute atomic E-state index is 0.311. The van der Waals surface area contributed by atoms with E-state index in [0.717, 1.165) is 11.4 Å². The van der Waals surface area contributed by atoms with Gasteiger partial charge in [-0.1, -0.05) is 18.3 Å². The van der Waals surface area contributed by atoms with Crippen molar-refractivity contribution in [2.45, 2.75) is 0 Å². The van der Waals surface area contributed by atoms with Crippen molar-refractivity contribution in [3.63, 3.8) is 0 Å². The first-order valence-electron chi connectivity index (χ1n) is 4.93. The molecule has 0 amide bonds. The number of nitrogens with zero attached hydrogens (tertiary/aromatic N) is 1. The molecule has 0 spiro atoms. The Morgan fingerprint density at radius 2 is 2.06 bits per heavy atom. The third kappa shape index (κ3) is 3.37. The third-order valence-electron chi connectivity index (χ3n) is 2.13. The molecule has 0 saturated heterocycles. The van der Waals surface area contributed by atoms with E-state index in [1.807, 2.05) is 24.3 Å². The highest BCUT2D eigenvalue weighted by atomic mass is 127. The van der Waals surface area contributed by atoms with Crippen LogP contribution in [-0.4, -0.2) is 9.97 Å². The predicted octanol–water partition coefficient (Wildman–Crippen LogP) is 3.06. The summed E-state index contributed by atoms with van der Waals surface area (Å²) < 4.78 is 1.18. The normalized spacial score (nSPS) is 9.94. The lowest BCUT2D eigenvalue weighted by molar-refractivity contribution is 1.29. The minimum Gasteiger partial charge on any atom is -0.388 e. The largest absolute Gasteiger partial charge is 0.388 e. The number of halogens is 1. The lowest BCUT2D eigenvalue weighted by atomic mass is 10.3. The Hall–Kier alpha value is -1.21. The van der Waals surface area contributed by atoms with Crippen molar-refractivity contribution in [2.75, 3.05) is 5.32 Å². The molecule has 0 aliphatic rings. The van der Waals surface area contributed by atoms with Crippen molar-refractivity contribution in [3.05, 3.63) is 51.9 Å². The highest BCUT2D eigenvalue weighted by molar-refractivity contribution is 14.1. The average Bonchev–Trinajstić information content (AvgIpc) is 2.29. The van der Waals surface area contributed by atoms with Gasteiger partial charge in [0.15, 0.2) is 0 Å². The number of hydrogen-bond acceptors (Lipinski definition) is 3. The van der Waals surface area contributed by atoms with Crippen molar-refractivity contribution >= 4 is 51.2 Å². The Labute approximate surface area is 119 Å². The number of pyridine rings is 1. The molecule has 2 aromatic rings. The number of hydrogen-bond donors (Lipinski definition) is 2.